The molecule has 4 aliphatic rings. The minimum Gasteiger partial charge on any atom is -0.458 e. The predicted molar refractivity (Wildman–Crippen MR) is 116 cm³/mol. The maximum atomic E-state index is 6.15. The van der Waals surface area contributed by atoms with Crippen molar-refractivity contribution in [1.29, 1.82) is 0 Å². The number of allylic oxidation sites excluding steroid dienone is 1. The average Bonchev–Trinajstić information content (AvgIpc) is 3.42. The second-order valence-corrected chi connectivity index (χ2v) is 8.72. The van der Waals surface area contributed by atoms with Gasteiger partial charge in [0, 0.05) is 17.2 Å². The van der Waals surface area contributed by atoms with Crippen LogP contribution < -0.4 is 4.90 Å². The van der Waals surface area contributed by atoms with Crippen LogP contribution >= 0.6 is 0 Å². The highest BCUT2D eigenvalue weighted by Gasteiger charge is 2.59. The van der Waals surface area contributed by atoms with Crippen LogP contribution in [0.1, 0.15) is 53.6 Å². The van der Waals surface area contributed by atoms with E-state index in [0.29, 0.717) is 11.9 Å². The Hall–Kier alpha value is -2.94. The van der Waals surface area contributed by atoms with Crippen molar-refractivity contribution in [2.75, 3.05) is 4.90 Å². The van der Waals surface area contributed by atoms with Crippen LogP contribution in [-0.4, -0.2) is 12.1 Å². The second-order valence-electron chi connectivity index (χ2n) is 8.72. The Labute approximate surface area is 171 Å². The lowest BCUT2D eigenvalue weighted by Crippen LogP contribution is -2.37. The van der Waals surface area contributed by atoms with Gasteiger partial charge in [-0.25, -0.2) is 0 Å². The van der Waals surface area contributed by atoms with Gasteiger partial charge in [0.1, 0.15) is 11.9 Å². The highest BCUT2D eigenvalue weighted by Crippen LogP contribution is 2.63. The number of benzene rings is 2. The van der Waals surface area contributed by atoms with Crippen LogP contribution in [0.3, 0.4) is 0 Å². The Balaban J connectivity index is 1.58. The van der Waals surface area contributed by atoms with E-state index in [1.54, 1.807) is 0 Å². The first-order chi connectivity index (χ1) is 14.0. The fourth-order valence-corrected chi connectivity index (χ4v) is 5.54. The molecule has 29 heavy (non-hydrogen) atoms. The molecule has 6 rings (SSSR count). The molecule has 4 unspecified atom stereocenters. The molecular formula is C26H25NO2. The third-order valence-electron chi connectivity index (χ3n) is 6.58. The first-order valence-corrected chi connectivity index (χ1v) is 10.5. The van der Waals surface area contributed by atoms with E-state index in [4.69, 9.17) is 9.47 Å². The maximum absolute atomic E-state index is 6.15. The van der Waals surface area contributed by atoms with Crippen LogP contribution in [0.15, 0.2) is 65.8 Å². The normalized spacial score (nSPS) is 30.9. The van der Waals surface area contributed by atoms with E-state index in [9.17, 15) is 0 Å². The molecule has 2 aromatic carbocycles. The second kappa shape index (κ2) is 5.79. The Morgan fingerprint density at radius 2 is 1.86 bits per heavy atom. The number of anilines is 1. The summed E-state index contributed by atoms with van der Waals surface area (Å²) in [4.78, 5) is 2.58. The molecule has 0 radical (unpaired) electrons. The van der Waals surface area contributed by atoms with Crippen molar-refractivity contribution in [2.24, 2.45) is 0 Å². The van der Waals surface area contributed by atoms with Crippen molar-refractivity contribution >= 4 is 11.8 Å². The van der Waals surface area contributed by atoms with Crippen molar-refractivity contribution < 1.29 is 9.47 Å². The van der Waals surface area contributed by atoms with Gasteiger partial charge in [-0.3, -0.25) is 0 Å². The third-order valence-corrected chi connectivity index (χ3v) is 6.58. The lowest BCUT2D eigenvalue weighted by atomic mass is 9.85. The van der Waals surface area contributed by atoms with Gasteiger partial charge in [-0.15, -0.1) is 0 Å². The number of aryl methyl sites for hydroxylation is 2. The zero-order chi connectivity index (χ0) is 19.9. The van der Waals surface area contributed by atoms with Crippen molar-refractivity contribution in [3.05, 3.63) is 93.6 Å². The zero-order valence-corrected chi connectivity index (χ0v) is 17.3. The van der Waals surface area contributed by atoms with Gasteiger partial charge in [-0.2, -0.15) is 0 Å². The molecule has 4 atom stereocenters. The van der Waals surface area contributed by atoms with Crippen molar-refractivity contribution in [3.63, 3.8) is 0 Å². The Morgan fingerprint density at radius 3 is 2.69 bits per heavy atom. The van der Waals surface area contributed by atoms with Gasteiger partial charge in [0.25, 0.3) is 5.95 Å². The molecule has 1 saturated carbocycles. The standard InChI is InChI=1S/C26H25NO2/c1-14-11-15(2)22-19(12-14)23-24(26-28-16(3)13-17(4)29-26)25(23)27-20-8-6-5-7-18(20)9-10-21(22)27/h5-13,16,21,23,25H,1-4H3/b26-24-. The molecule has 1 aliphatic carbocycles. The maximum Gasteiger partial charge on any atom is 0.286 e. The lowest BCUT2D eigenvalue weighted by Gasteiger charge is -2.41. The monoisotopic (exact) mass is 383 g/mol. The molecule has 3 heterocycles. The van der Waals surface area contributed by atoms with Crippen LogP contribution in [-0.2, 0) is 9.47 Å². The average molecular weight is 383 g/mol. The summed E-state index contributed by atoms with van der Waals surface area (Å²) in [6.45, 7) is 8.52. The molecule has 0 aromatic heterocycles. The Bertz CT molecular complexity index is 1140. The Kier molecular flexibility index (Phi) is 3.39. The van der Waals surface area contributed by atoms with Gasteiger partial charge in [-0.1, -0.05) is 48.0 Å². The molecule has 3 nitrogen and oxygen atoms in total. The lowest BCUT2D eigenvalue weighted by molar-refractivity contribution is 0.0208. The van der Waals surface area contributed by atoms with Crippen LogP contribution in [0.25, 0.3) is 6.08 Å². The van der Waals surface area contributed by atoms with Gasteiger partial charge in [0.05, 0.1) is 12.1 Å². The van der Waals surface area contributed by atoms with Gasteiger partial charge >= 0.3 is 0 Å². The molecule has 146 valence electrons. The van der Waals surface area contributed by atoms with E-state index >= 15 is 0 Å². The summed E-state index contributed by atoms with van der Waals surface area (Å²) in [5.41, 5.74) is 9.42. The largest absolute Gasteiger partial charge is 0.458 e. The van der Waals surface area contributed by atoms with Crippen LogP contribution in [0, 0.1) is 13.8 Å². The van der Waals surface area contributed by atoms with Gasteiger partial charge in [0.15, 0.2) is 0 Å². The molecule has 0 saturated heterocycles. The van der Waals surface area contributed by atoms with Crippen LogP contribution in [0.5, 0.6) is 0 Å². The summed E-state index contributed by atoms with van der Waals surface area (Å²) in [6, 6.07) is 13.9. The highest BCUT2D eigenvalue weighted by atomic mass is 16.7. The van der Waals surface area contributed by atoms with Crippen LogP contribution in [0.2, 0.25) is 0 Å². The first-order valence-electron chi connectivity index (χ1n) is 10.5. The minimum atomic E-state index is 0.0388. The smallest absolute Gasteiger partial charge is 0.286 e. The zero-order valence-electron chi connectivity index (χ0n) is 17.3. The van der Waals surface area contributed by atoms with E-state index in [0.717, 1.165) is 5.76 Å². The van der Waals surface area contributed by atoms with E-state index in [1.807, 2.05) is 13.0 Å². The molecule has 3 aliphatic heterocycles. The topological polar surface area (TPSA) is 21.7 Å². The van der Waals surface area contributed by atoms with Gasteiger partial charge in [-0.05, 0) is 62.1 Å². The van der Waals surface area contributed by atoms with Crippen molar-refractivity contribution in [3.8, 4) is 0 Å². The predicted octanol–water partition coefficient (Wildman–Crippen LogP) is 5.91. The number of hydrogen-bond acceptors (Lipinski definition) is 3. The molecule has 0 spiro atoms. The summed E-state index contributed by atoms with van der Waals surface area (Å²) in [5.74, 6) is 1.96. The molecular weight excluding hydrogens is 358 g/mol. The van der Waals surface area contributed by atoms with Crippen LogP contribution in [0.4, 0.5) is 5.69 Å². The summed E-state index contributed by atoms with van der Waals surface area (Å²) < 4.78 is 12.2. The third kappa shape index (κ3) is 2.37. The van der Waals surface area contributed by atoms with E-state index in [-0.39, 0.29) is 18.2 Å². The Morgan fingerprint density at radius 1 is 1.03 bits per heavy atom. The molecule has 3 heteroatoms. The molecule has 2 aromatic rings. The number of fused-ring (bicyclic) bond motifs is 8. The van der Waals surface area contributed by atoms with Gasteiger partial charge < -0.3 is 14.4 Å². The summed E-state index contributed by atoms with van der Waals surface area (Å²) in [6.07, 6.45) is 6.70. The van der Waals surface area contributed by atoms with E-state index in [2.05, 4.69) is 74.2 Å². The fourth-order valence-electron chi connectivity index (χ4n) is 5.54. The summed E-state index contributed by atoms with van der Waals surface area (Å²) in [5, 5.41) is 0. The number of nitrogens with zero attached hydrogens (tertiary/aromatic N) is 1. The first kappa shape index (κ1) is 17.0. The van der Waals surface area contributed by atoms with Gasteiger partial charge in [0.2, 0.25) is 0 Å². The van der Waals surface area contributed by atoms with Crippen molar-refractivity contribution in [1.82, 2.24) is 0 Å². The van der Waals surface area contributed by atoms with E-state index < -0.39 is 0 Å². The van der Waals surface area contributed by atoms with E-state index in [1.165, 1.54) is 39.1 Å². The molecule has 0 N–H and O–H groups in total. The molecule has 1 fully saturated rings. The summed E-state index contributed by atoms with van der Waals surface area (Å²) >= 11 is 0. The number of para-hydroxylation sites is 1. The quantitative estimate of drug-likeness (QED) is 0.565. The van der Waals surface area contributed by atoms with Crippen molar-refractivity contribution in [2.45, 2.75) is 51.8 Å². The fraction of sp³-hybridized carbons (Fsp3) is 0.308. The number of ether oxygens (including phenoxy) is 2. The number of rotatable bonds is 0. The minimum absolute atomic E-state index is 0.0388. The molecule has 0 amide bonds. The summed E-state index contributed by atoms with van der Waals surface area (Å²) in [7, 11) is 0. The number of hydrogen-bond donors (Lipinski definition) is 0. The highest BCUT2D eigenvalue weighted by molar-refractivity contribution is 5.79. The SMILES string of the molecule is CC1=CC(C)O/C(=C2\C3c4cc(C)cc(C)c4C4C=Cc5ccccc5N4C23)O1. The molecule has 0 bridgehead atoms.